The Morgan fingerprint density at radius 2 is 1.91 bits per heavy atom. The molecule has 0 saturated heterocycles. The summed E-state index contributed by atoms with van der Waals surface area (Å²) in [5.74, 6) is -0.481. The van der Waals surface area contributed by atoms with E-state index in [2.05, 4.69) is 6.07 Å². The Labute approximate surface area is 67.2 Å². The summed E-state index contributed by atoms with van der Waals surface area (Å²) in [6.45, 7) is 0. The van der Waals surface area contributed by atoms with Gasteiger partial charge in [0.2, 0.25) is 5.91 Å². The number of carbonyl (C=O) groups excluding carboxylic acids is 1. The molecule has 11 heavy (non-hydrogen) atoms. The molecule has 61 valence electrons. The van der Waals surface area contributed by atoms with Gasteiger partial charge in [-0.25, -0.2) is 0 Å². The van der Waals surface area contributed by atoms with E-state index in [1.165, 1.54) is 0 Å². The maximum Gasteiger partial charge on any atom is 0.238 e. The van der Waals surface area contributed by atoms with E-state index in [0.717, 1.165) is 25.7 Å². The van der Waals surface area contributed by atoms with Gasteiger partial charge in [0.15, 0.2) is 0 Å². The summed E-state index contributed by atoms with van der Waals surface area (Å²) in [5, 5.41) is 8.18. The molecule has 1 radical (unpaired) electrons. The van der Waals surface area contributed by atoms with Crippen molar-refractivity contribution in [3.05, 3.63) is 0 Å². The number of nitrogens with zero attached hydrogens (tertiary/aromatic N) is 1. The Hall–Kier alpha value is -1.04. The molecule has 3 heteroatoms. The van der Waals surface area contributed by atoms with Crippen LogP contribution in [0.25, 0.3) is 0 Å². The zero-order valence-corrected chi connectivity index (χ0v) is 6.60. The topological polar surface area (TPSA) is 64.7 Å². The summed E-state index contributed by atoms with van der Waals surface area (Å²) in [6.07, 6.45) is 4.66. The van der Waals surface area contributed by atoms with Crippen LogP contribution in [0.3, 0.4) is 0 Å². The summed E-state index contributed by atoms with van der Waals surface area (Å²) in [6, 6.07) is 2.06. The van der Waals surface area contributed by atoms with Gasteiger partial charge in [0.05, 0.1) is 6.07 Å². The van der Waals surface area contributed by atoms with Gasteiger partial charge in [-0.3, -0.25) is 10.5 Å². The number of carbonyl (C=O) groups is 1. The van der Waals surface area contributed by atoms with Crippen LogP contribution in [0.2, 0.25) is 0 Å². The quantitative estimate of drug-likeness (QED) is 0.544. The molecule has 0 aromatic carbocycles. The average molecular weight is 153 g/mol. The molecule has 0 aliphatic carbocycles. The standard InChI is InChI=1S/C8H13N2O/c9-7-5-3-1-2-4-6-8(10)11/h10H,1-6H2. The molecule has 0 aromatic heterocycles. The molecular formula is C8H13N2O. The second-order valence-electron chi connectivity index (χ2n) is 2.50. The van der Waals surface area contributed by atoms with Crippen molar-refractivity contribution < 1.29 is 4.79 Å². The molecule has 0 heterocycles. The monoisotopic (exact) mass is 153 g/mol. The van der Waals surface area contributed by atoms with Gasteiger partial charge in [0.1, 0.15) is 0 Å². The lowest BCUT2D eigenvalue weighted by Gasteiger charge is -1.94. The molecule has 3 nitrogen and oxygen atoms in total. The molecule has 0 rings (SSSR count). The van der Waals surface area contributed by atoms with Crippen molar-refractivity contribution in [3.8, 4) is 6.07 Å². The van der Waals surface area contributed by atoms with Gasteiger partial charge in [-0.2, -0.15) is 5.26 Å². The Balaban J connectivity index is 2.92. The number of hydrogen-bond acceptors (Lipinski definition) is 2. The van der Waals surface area contributed by atoms with Crippen molar-refractivity contribution in [2.45, 2.75) is 38.5 Å². The highest BCUT2D eigenvalue weighted by Crippen LogP contribution is 2.04. The Kier molecular flexibility index (Phi) is 6.40. The van der Waals surface area contributed by atoms with Crippen LogP contribution in [0.5, 0.6) is 0 Å². The van der Waals surface area contributed by atoms with Gasteiger partial charge in [-0.05, 0) is 12.8 Å². The molecule has 0 saturated carbocycles. The van der Waals surface area contributed by atoms with Crippen LogP contribution in [0, 0.1) is 11.3 Å². The molecule has 1 amide bonds. The first-order valence-corrected chi connectivity index (χ1v) is 3.88. The van der Waals surface area contributed by atoms with Crippen LogP contribution in [0.4, 0.5) is 0 Å². The molecule has 0 spiro atoms. The second-order valence-corrected chi connectivity index (χ2v) is 2.50. The molecule has 0 bridgehead atoms. The first-order chi connectivity index (χ1) is 5.27. The fourth-order valence-electron chi connectivity index (χ4n) is 0.843. The molecule has 0 fully saturated rings. The zero-order chi connectivity index (χ0) is 8.53. The van der Waals surface area contributed by atoms with E-state index in [4.69, 9.17) is 11.0 Å². The van der Waals surface area contributed by atoms with Crippen LogP contribution >= 0.6 is 0 Å². The van der Waals surface area contributed by atoms with Crippen molar-refractivity contribution in [2.24, 2.45) is 0 Å². The molecule has 0 unspecified atom stereocenters. The largest absolute Gasteiger partial charge is 0.273 e. The molecule has 0 aliphatic heterocycles. The summed E-state index contributed by atoms with van der Waals surface area (Å²) >= 11 is 0. The van der Waals surface area contributed by atoms with Crippen molar-refractivity contribution in [2.75, 3.05) is 0 Å². The summed E-state index contributed by atoms with van der Waals surface area (Å²) in [5.41, 5.74) is 6.60. The lowest BCUT2D eigenvalue weighted by atomic mass is 10.1. The van der Waals surface area contributed by atoms with E-state index in [1.54, 1.807) is 0 Å². The van der Waals surface area contributed by atoms with Crippen LogP contribution in [-0.4, -0.2) is 5.91 Å². The maximum atomic E-state index is 10.1. The van der Waals surface area contributed by atoms with E-state index < -0.39 is 5.91 Å². The first kappa shape index (κ1) is 9.96. The van der Waals surface area contributed by atoms with Crippen molar-refractivity contribution in [1.82, 2.24) is 5.73 Å². The third kappa shape index (κ3) is 8.96. The van der Waals surface area contributed by atoms with Gasteiger partial charge >= 0.3 is 0 Å². The Morgan fingerprint density at radius 3 is 2.45 bits per heavy atom. The fourth-order valence-corrected chi connectivity index (χ4v) is 0.843. The molecular weight excluding hydrogens is 140 g/mol. The highest BCUT2D eigenvalue weighted by Gasteiger charge is 1.94. The predicted molar refractivity (Wildman–Crippen MR) is 41.4 cm³/mol. The zero-order valence-electron chi connectivity index (χ0n) is 6.60. The Bertz CT molecular complexity index is 149. The van der Waals surface area contributed by atoms with E-state index >= 15 is 0 Å². The summed E-state index contributed by atoms with van der Waals surface area (Å²) in [4.78, 5) is 10.1. The highest BCUT2D eigenvalue weighted by atomic mass is 16.1. The van der Waals surface area contributed by atoms with E-state index in [1.807, 2.05) is 0 Å². The number of nitrogens with one attached hydrogen (secondary N) is 1. The average Bonchev–Trinajstić information content (AvgIpc) is 1.96. The highest BCUT2D eigenvalue weighted by molar-refractivity contribution is 5.72. The van der Waals surface area contributed by atoms with Crippen molar-refractivity contribution in [3.63, 3.8) is 0 Å². The second kappa shape index (κ2) is 7.07. The lowest BCUT2D eigenvalue weighted by Crippen LogP contribution is -1.96. The van der Waals surface area contributed by atoms with E-state index in [-0.39, 0.29) is 0 Å². The van der Waals surface area contributed by atoms with Crippen molar-refractivity contribution in [1.29, 1.82) is 5.26 Å². The normalized spacial score (nSPS) is 9.00. The Morgan fingerprint density at radius 1 is 1.27 bits per heavy atom. The summed E-state index contributed by atoms with van der Waals surface area (Å²) in [7, 11) is 0. The smallest absolute Gasteiger partial charge is 0.238 e. The number of rotatable bonds is 6. The number of amides is 1. The van der Waals surface area contributed by atoms with Crippen LogP contribution in [0.15, 0.2) is 0 Å². The van der Waals surface area contributed by atoms with Gasteiger partial charge in [0.25, 0.3) is 0 Å². The lowest BCUT2D eigenvalue weighted by molar-refractivity contribution is -0.118. The van der Waals surface area contributed by atoms with Gasteiger partial charge < -0.3 is 0 Å². The van der Waals surface area contributed by atoms with Gasteiger partial charge in [-0.1, -0.05) is 12.8 Å². The maximum absolute atomic E-state index is 10.1. The number of hydrogen-bond donors (Lipinski definition) is 0. The first-order valence-electron chi connectivity index (χ1n) is 3.88. The van der Waals surface area contributed by atoms with E-state index in [9.17, 15) is 4.79 Å². The minimum atomic E-state index is -0.481. The molecule has 1 N–H and O–H groups in total. The minimum absolute atomic E-state index is 0.368. The van der Waals surface area contributed by atoms with Gasteiger partial charge in [-0.15, -0.1) is 0 Å². The van der Waals surface area contributed by atoms with Crippen molar-refractivity contribution >= 4 is 5.91 Å². The minimum Gasteiger partial charge on any atom is -0.273 e. The molecule has 0 aliphatic rings. The molecule has 0 aromatic rings. The van der Waals surface area contributed by atoms with E-state index in [0.29, 0.717) is 12.8 Å². The third-order valence-corrected chi connectivity index (χ3v) is 1.44. The van der Waals surface area contributed by atoms with Crippen LogP contribution < -0.4 is 5.73 Å². The number of unbranched alkanes of at least 4 members (excludes halogenated alkanes) is 4. The fraction of sp³-hybridized carbons (Fsp3) is 0.750. The third-order valence-electron chi connectivity index (χ3n) is 1.44. The van der Waals surface area contributed by atoms with Crippen LogP contribution in [-0.2, 0) is 4.79 Å². The van der Waals surface area contributed by atoms with Gasteiger partial charge in [0, 0.05) is 12.8 Å². The van der Waals surface area contributed by atoms with Crippen LogP contribution in [0.1, 0.15) is 38.5 Å². The predicted octanol–water partition coefficient (Wildman–Crippen LogP) is 1.66. The number of nitriles is 1. The molecule has 0 atom stereocenters. The SMILES string of the molecule is N#CCCCCCCC([NH])=O. The summed E-state index contributed by atoms with van der Waals surface area (Å²) < 4.78 is 0.